The van der Waals surface area contributed by atoms with E-state index in [-0.39, 0.29) is 0 Å². The number of nitrogens with one attached hydrogen (secondary N) is 2. The van der Waals surface area contributed by atoms with E-state index < -0.39 is 35.1 Å². The minimum absolute atomic E-state index is 0.417. The van der Waals surface area contributed by atoms with Crippen molar-refractivity contribution in [3.05, 3.63) is 0 Å². The Labute approximate surface area is 84.8 Å². The molecule has 1 rings (SSSR count). The van der Waals surface area contributed by atoms with Gasteiger partial charge in [-0.3, -0.25) is 0 Å². The van der Waals surface area contributed by atoms with Gasteiger partial charge in [0.15, 0.2) is 0 Å². The van der Waals surface area contributed by atoms with E-state index in [1.165, 1.54) is 4.72 Å². The van der Waals surface area contributed by atoms with Gasteiger partial charge in [-0.15, -0.1) is 0 Å². The van der Waals surface area contributed by atoms with Crippen molar-refractivity contribution in [3.8, 4) is 0 Å². The topological polar surface area (TPSA) is 78.4 Å². The Hall–Kier alpha value is -0.380. The smallest absolute Gasteiger partial charge is 0.394 e. The number of halogens is 3. The summed E-state index contributed by atoms with van der Waals surface area (Å²) in [5.74, 6) is 0. The summed E-state index contributed by atoms with van der Waals surface area (Å²) in [5.41, 5.74) is -0.961. The highest BCUT2D eigenvalue weighted by Gasteiger charge is 2.45. The fraction of sp³-hybridized carbons (Fsp3) is 1.00. The number of rotatable bonds is 5. The van der Waals surface area contributed by atoms with E-state index in [0.29, 0.717) is 12.8 Å². The highest BCUT2D eigenvalue weighted by Crippen LogP contribution is 2.35. The lowest BCUT2D eigenvalue weighted by Gasteiger charge is -2.15. The lowest BCUT2D eigenvalue weighted by atomic mass is 10.3. The first-order valence-electron chi connectivity index (χ1n) is 4.14. The van der Waals surface area contributed by atoms with Crippen LogP contribution in [-0.4, -0.2) is 38.4 Å². The zero-order valence-corrected chi connectivity index (χ0v) is 8.45. The molecule has 0 aliphatic heterocycles. The summed E-state index contributed by atoms with van der Waals surface area (Å²) in [5, 5.41) is 8.77. The van der Waals surface area contributed by atoms with Crippen LogP contribution in [0.4, 0.5) is 13.2 Å². The van der Waals surface area contributed by atoms with Gasteiger partial charge in [-0.05, 0) is 12.8 Å². The van der Waals surface area contributed by atoms with Crippen molar-refractivity contribution in [1.82, 2.24) is 9.44 Å². The highest BCUT2D eigenvalue weighted by atomic mass is 32.2. The molecule has 3 N–H and O–H groups in total. The summed E-state index contributed by atoms with van der Waals surface area (Å²) in [6.45, 7) is -2.04. The van der Waals surface area contributed by atoms with Crippen molar-refractivity contribution in [2.75, 3.05) is 13.2 Å². The van der Waals surface area contributed by atoms with Gasteiger partial charge in [-0.25, -0.2) is 0 Å². The molecule has 15 heavy (non-hydrogen) atoms. The van der Waals surface area contributed by atoms with Crippen molar-refractivity contribution in [1.29, 1.82) is 0 Å². The molecule has 90 valence electrons. The van der Waals surface area contributed by atoms with Crippen LogP contribution in [0.1, 0.15) is 12.8 Å². The van der Waals surface area contributed by atoms with Gasteiger partial charge in [0, 0.05) is 0 Å². The molecule has 0 aromatic heterocycles. The molecule has 0 atom stereocenters. The van der Waals surface area contributed by atoms with Gasteiger partial charge >= 0.3 is 6.18 Å². The van der Waals surface area contributed by atoms with Gasteiger partial charge in [0.2, 0.25) is 0 Å². The molecule has 5 nitrogen and oxygen atoms in total. The van der Waals surface area contributed by atoms with Gasteiger partial charge in [-0.2, -0.15) is 31.0 Å². The molecule has 0 aromatic rings. The Bertz CT molecular complexity index is 323. The van der Waals surface area contributed by atoms with Crippen molar-refractivity contribution < 1.29 is 26.7 Å². The summed E-state index contributed by atoms with van der Waals surface area (Å²) in [4.78, 5) is 0. The molecule has 9 heteroatoms. The van der Waals surface area contributed by atoms with Crippen LogP contribution >= 0.6 is 0 Å². The van der Waals surface area contributed by atoms with Crippen molar-refractivity contribution in [3.63, 3.8) is 0 Å². The Balaban J connectivity index is 2.46. The third-order valence-electron chi connectivity index (χ3n) is 1.97. The number of aliphatic hydroxyl groups is 1. The fourth-order valence-electron chi connectivity index (χ4n) is 0.941. The molecular weight excluding hydrogens is 237 g/mol. The summed E-state index contributed by atoms with van der Waals surface area (Å²) >= 11 is 0. The van der Waals surface area contributed by atoms with Crippen molar-refractivity contribution in [2.24, 2.45) is 0 Å². The molecule has 0 heterocycles. The maximum absolute atomic E-state index is 11.7. The van der Waals surface area contributed by atoms with Crippen LogP contribution in [0.3, 0.4) is 0 Å². The van der Waals surface area contributed by atoms with Gasteiger partial charge in [0.25, 0.3) is 10.2 Å². The van der Waals surface area contributed by atoms with Crippen LogP contribution in [0.2, 0.25) is 0 Å². The summed E-state index contributed by atoms with van der Waals surface area (Å²) in [6, 6.07) is 0. The van der Waals surface area contributed by atoms with E-state index in [2.05, 4.69) is 0 Å². The Morgan fingerprint density at radius 2 is 1.87 bits per heavy atom. The molecule has 1 saturated carbocycles. The molecular formula is C6H11F3N2O3S. The maximum Gasteiger partial charge on any atom is 0.402 e. The molecule has 0 radical (unpaired) electrons. The zero-order valence-electron chi connectivity index (χ0n) is 7.63. The van der Waals surface area contributed by atoms with Crippen molar-refractivity contribution in [2.45, 2.75) is 24.6 Å². The van der Waals surface area contributed by atoms with Crippen molar-refractivity contribution >= 4 is 10.2 Å². The Morgan fingerprint density at radius 1 is 1.33 bits per heavy atom. The number of alkyl halides is 3. The van der Waals surface area contributed by atoms with Gasteiger partial charge in [0.05, 0.1) is 12.1 Å². The lowest BCUT2D eigenvalue weighted by molar-refractivity contribution is -0.121. The second-order valence-corrected chi connectivity index (χ2v) is 4.98. The molecule has 0 spiro atoms. The van der Waals surface area contributed by atoms with E-state index in [1.54, 1.807) is 0 Å². The number of aliphatic hydroxyl groups excluding tert-OH is 1. The van der Waals surface area contributed by atoms with E-state index in [0.717, 1.165) is 0 Å². The average Bonchev–Trinajstić information content (AvgIpc) is 2.81. The third kappa shape index (κ3) is 4.33. The lowest BCUT2D eigenvalue weighted by Crippen LogP contribution is -2.48. The Kier molecular flexibility index (Phi) is 3.29. The normalized spacial score (nSPS) is 20.3. The van der Waals surface area contributed by atoms with E-state index in [1.807, 2.05) is 4.72 Å². The molecule has 0 aromatic carbocycles. The second kappa shape index (κ2) is 3.89. The maximum atomic E-state index is 11.7. The van der Waals surface area contributed by atoms with E-state index in [4.69, 9.17) is 5.11 Å². The summed E-state index contributed by atoms with van der Waals surface area (Å²) in [6.07, 6.45) is -3.74. The molecule has 0 saturated heterocycles. The largest absolute Gasteiger partial charge is 0.402 e. The number of hydrogen-bond donors (Lipinski definition) is 3. The minimum atomic E-state index is -4.59. The molecule has 1 fully saturated rings. The van der Waals surface area contributed by atoms with Crippen LogP contribution in [-0.2, 0) is 10.2 Å². The molecule has 0 unspecified atom stereocenters. The van der Waals surface area contributed by atoms with E-state index >= 15 is 0 Å². The van der Waals surface area contributed by atoms with E-state index in [9.17, 15) is 21.6 Å². The zero-order chi connectivity index (χ0) is 11.7. The standard InChI is InChI=1S/C6H11F3N2O3S/c7-6(8,9)3-10-15(13,14)11-5(4-12)1-2-5/h10-12H,1-4H2. The molecule has 0 bridgehead atoms. The van der Waals surface area contributed by atoms with Crippen LogP contribution in [0.15, 0.2) is 0 Å². The molecule has 0 amide bonds. The van der Waals surface area contributed by atoms with Gasteiger partial charge < -0.3 is 5.11 Å². The predicted molar refractivity (Wildman–Crippen MR) is 45.2 cm³/mol. The SMILES string of the molecule is O=S(=O)(NCC(F)(F)F)NC1(CO)CC1. The van der Waals surface area contributed by atoms with Gasteiger partial charge in [0.1, 0.15) is 6.54 Å². The average molecular weight is 248 g/mol. The van der Waals surface area contributed by atoms with Crippen LogP contribution < -0.4 is 9.44 Å². The van der Waals surface area contributed by atoms with Gasteiger partial charge in [-0.1, -0.05) is 0 Å². The molecule has 1 aliphatic carbocycles. The Morgan fingerprint density at radius 3 is 2.20 bits per heavy atom. The predicted octanol–water partition coefficient (Wildman–Crippen LogP) is -0.502. The second-order valence-electron chi connectivity index (χ2n) is 3.48. The fourth-order valence-corrected chi connectivity index (χ4v) is 2.21. The van der Waals surface area contributed by atoms with Crippen LogP contribution in [0, 0.1) is 0 Å². The first-order valence-corrected chi connectivity index (χ1v) is 5.63. The first-order chi connectivity index (χ1) is 6.68. The summed E-state index contributed by atoms with van der Waals surface area (Å²) < 4.78 is 60.6. The highest BCUT2D eigenvalue weighted by molar-refractivity contribution is 7.87. The quantitative estimate of drug-likeness (QED) is 0.613. The van der Waals surface area contributed by atoms with Crippen LogP contribution in [0.5, 0.6) is 0 Å². The molecule has 1 aliphatic rings. The third-order valence-corrected chi connectivity index (χ3v) is 3.20. The summed E-state index contributed by atoms with van der Waals surface area (Å²) in [7, 11) is -4.20. The number of hydrogen-bond acceptors (Lipinski definition) is 3. The monoisotopic (exact) mass is 248 g/mol. The van der Waals surface area contributed by atoms with Crippen LogP contribution in [0.25, 0.3) is 0 Å². The minimum Gasteiger partial charge on any atom is -0.394 e. The first kappa shape index (κ1) is 12.7.